The molecule has 1 saturated heterocycles. The number of amides is 2. The quantitative estimate of drug-likeness (QED) is 0.719. The molecule has 10 nitrogen and oxygen atoms in total. The topological polar surface area (TPSA) is 111 Å². The lowest BCUT2D eigenvalue weighted by molar-refractivity contribution is 0.0105. The molecule has 3 heterocycles. The van der Waals surface area contributed by atoms with E-state index >= 15 is 0 Å². The molecule has 3 aromatic rings. The molecule has 1 aliphatic rings. The summed E-state index contributed by atoms with van der Waals surface area (Å²) in [5.41, 5.74) is 2.37. The molecule has 0 bridgehead atoms. The molecule has 1 aliphatic heterocycles. The number of morpholine rings is 1. The van der Waals surface area contributed by atoms with Gasteiger partial charge in [-0.2, -0.15) is 10.1 Å². The van der Waals surface area contributed by atoms with Gasteiger partial charge in [0, 0.05) is 31.3 Å². The van der Waals surface area contributed by atoms with E-state index in [0.29, 0.717) is 49.4 Å². The van der Waals surface area contributed by atoms with Crippen molar-refractivity contribution in [3.8, 4) is 11.5 Å². The number of nitrogens with one attached hydrogen (secondary N) is 1. The van der Waals surface area contributed by atoms with Gasteiger partial charge in [-0.3, -0.25) is 4.68 Å². The number of ether oxygens (including phenoxy) is 1. The molecule has 2 amide bonds. The van der Waals surface area contributed by atoms with Crippen molar-refractivity contribution in [2.24, 2.45) is 7.05 Å². The van der Waals surface area contributed by atoms with Crippen LogP contribution in [0.5, 0.6) is 0 Å². The van der Waals surface area contributed by atoms with Crippen LogP contribution in [0.4, 0.5) is 10.5 Å². The Bertz CT molecular complexity index is 1010. The largest absolute Gasteiger partial charge is 0.377 e. The van der Waals surface area contributed by atoms with Crippen LogP contribution >= 0.6 is 0 Å². The SMILES string of the molecule is CCc1noc(-c2ccc(C)c(NC(=O)N3CCOCC3c3ncnn3C)c2)n1. The molecule has 0 aliphatic carbocycles. The molecule has 1 atom stereocenters. The minimum Gasteiger partial charge on any atom is -0.377 e. The summed E-state index contributed by atoms with van der Waals surface area (Å²) < 4.78 is 12.6. The first-order chi connectivity index (χ1) is 14.1. The lowest BCUT2D eigenvalue weighted by Gasteiger charge is -2.34. The van der Waals surface area contributed by atoms with Crippen LogP contribution in [0.2, 0.25) is 0 Å². The van der Waals surface area contributed by atoms with Crippen LogP contribution in [0.15, 0.2) is 29.0 Å². The molecule has 1 aromatic carbocycles. The molecule has 29 heavy (non-hydrogen) atoms. The van der Waals surface area contributed by atoms with E-state index in [2.05, 4.69) is 25.5 Å². The number of aromatic nitrogens is 5. The van der Waals surface area contributed by atoms with Crippen molar-refractivity contribution in [2.45, 2.75) is 26.3 Å². The maximum Gasteiger partial charge on any atom is 0.322 e. The summed E-state index contributed by atoms with van der Waals surface area (Å²) in [5, 5.41) is 11.0. The van der Waals surface area contributed by atoms with E-state index in [-0.39, 0.29) is 12.1 Å². The Labute approximate surface area is 167 Å². The van der Waals surface area contributed by atoms with Gasteiger partial charge < -0.3 is 19.5 Å². The summed E-state index contributed by atoms with van der Waals surface area (Å²) in [6.07, 6.45) is 2.17. The number of hydrogen-bond donors (Lipinski definition) is 1. The van der Waals surface area contributed by atoms with Crippen LogP contribution in [-0.4, -0.2) is 55.6 Å². The van der Waals surface area contributed by atoms with Gasteiger partial charge in [-0.25, -0.2) is 9.78 Å². The van der Waals surface area contributed by atoms with E-state index in [1.165, 1.54) is 6.33 Å². The first kappa shape index (κ1) is 19.1. The molecule has 4 rings (SSSR count). The predicted molar refractivity (Wildman–Crippen MR) is 104 cm³/mol. The van der Waals surface area contributed by atoms with E-state index < -0.39 is 0 Å². The van der Waals surface area contributed by atoms with Gasteiger partial charge >= 0.3 is 6.03 Å². The standard InChI is InChI=1S/C19H23N7O3/c1-4-16-23-18(29-24-16)13-6-5-12(2)14(9-13)22-19(27)26-7-8-28-10-15(26)17-20-11-21-25(17)3/h5-6,9,11,15H,4,7-8,10H2,1-3H3,(H,22,27). The monoisotopic (exact) mass is 397 g/mol. The highest BCUT2D eigenvalue weighted by molar-refractivity contribution is 5.91. The van der Waals surface area contributed by atoms with Crippen LogP contribution in [-0.2, 0) is 18.2 Å². The third-order valence-electron chi connectivity index (χ3n) is 4.94. The van der Waals surface area contributed by atoms with Crippen molar-refractivity contribution in [3.05, 3.63) is 41.7 Å². The highest BCUT2D eigenvalue weighted by Gasteiger charge is 2.32. The zero-order valence-electron chi connectivity index (χ0n) is 16.6. The maximum absolute atomic E-state index is 13.1. The Kier molecular flexibility index (Phi) is 5.26. The fourth-order valence-corrected chi connectivity index (χ4v) is 3.26. The Morgan fingerprint density at radius 1 is 1.38 bits per heavy atom. The van der Waals surface area contributed by atoms with Gasteiger partial charge in [0.15, 0.2) is 11.6 Å². The lowest BCUT2D eigenvalue weighted by Crippen LogP contribution is -2.46. The normalized spacial score (nSPS) is 16.8. The van der Waals surface area contributed by atoms with Crippen LogP contribution < -0.4 is 5.32 Å². The van der Waals surface area contributed by atoms with E-state index in [4.69, 9.17) is 9.26 Å². The van der Waals surface area contributed by atoms with Crippen molar-refractivity contribution in [1.29, 1.82) is 0 Å². The number of carbonyl (C=O) groups is 1. The van der Waals surface area contributed by atoms with Gasteiger partial charge in [0.05, 0.1) is 13.2 Å². The van der Waals surface area contributed by atoms with E-state index in [1.807, 2.05) is 32.0 Å². The number of carbonyl (C=O) groups excluding carboxylic acids is 1. The zero-order chi connectivity index (χ0) is 20.4. The molecule has 1 N–H and O–H groups in total. The van der Waals surface area contributed by atoms with Crippen LogP contribution in [0, 0.1) is 6.92 Å². The maximum atomic E-state index is 13.1. The summed E-state index contributed by atoms with van der Waals surface area (Å²) in [7, 11) is 1.80. The smallest absolute Gasteiger partial charge is 0.322 e. The van der Waals surface area contributed by atoms with Crippen molar-refractivity contribution in [2.75, 3.05) is 25.1 Å². The van der Waals surface area contributed by atoms with E-state index in [1.54, 1.807) is 16.6 Å². The van der Waals surface area contributed by atoms with Gasteiger partial charge in [0.1, 0.15) is 12.4 Å². The Hall–Kier alpha value is -3.27. The average molecular weight is 397 g/mol. The fourth-order valence-electron chi connectivity index (χ4n) is 3.26. The van der Waals surface area contributed by atoms with Crippen molar-refractivity contribution < 1.29 is 14.1 Å². The molecule has 2 aromatic heterocycles. The van der Waals surface area contributed by atoms with Gasteiger partial charge in [-0.15, -0.1) is 0 Å². The minimum absolute atomic E-state index is 0.221. The fraction of sp³-hybridized carbons (Fsp3) is 0.421. The first-order valence-electron chi connectivity index (χ1n) is 9.49. The predicted octanol–water partition coefficient (Wildman–Crippen LogP) is 2.34. The Morgan fingerprint density at radius 2 is 2.24 bits per heavy atom. The molecular weight excluding hydrogens is 374 g/mol. The molecule has 152 valence electrons. The third-order valence-corrected chi connectivity index (χ3v) is 4.94. The highest BCUT2D eigenvalue weighted by Crippen LogP contribution is 2.27. The van der Waals surface area contributed by atoms with Gasteiger partial charge in [0.2, 0.25) is 0 Å². The van der Waals surface area contributed by atoms with Crippen LogP contribution in [0.1, 0.15) is 30.2 Å². The average Bonchev–Trinajstić information content (AvgIpc) is 3.38. The summed E-state index contributed by atoms with van der Waals surface area (Å²) in [5.74, 6) is 1.76. The second kappa shape index (κ2) is 8.00. The second-order valence-corrected chi connectivity index (χ2v) is 6.86. The van der Waals surface area contributed by atoms with Crippen molar-refractivity contribution in [1.82, 2.24) is 29.8 Å². The number of benzene rings is 1. The molecule has 0 radical (unpaired) electrons. The number of anilines is 1. The number of aryl methyl sites for hydroxylation is 3. The highest BCUT2D eigenvalue weighted by atomic mass is 16.5. The molecule has 1 fully saturated rings. The molecule has 10 heteroatoms. The molecule has 0 saturated carbocycles. The summed E-state index contributed by atoms with van der Waals surface area (Å²) >= 11 is 0. The first-order valence-corrected chi connectivity index (χ1v) is 9.49. The lowest BCUT2D eigenvalue weighted by atomic mass is 10.1. The zero-order valence-corrected chi connectivity index (χ0v) is 16.6. The minimum atomic E-state index is -0.303. The Morgan fingerprint density at radius 3 is 2.97 bits per heavy atom. The second-order valence-electron chi connectivity index (χ2n) is 6.86. The Balaban J connectivity index is 1.57. The number of hydrogen-bond acceptors (Lipinski definition) is 7. The molecular formula is C19H23N7O3. The third kappa shape index (κ3) is 3.83. The van der Waals surface area contributed by atoms with Crippen LogP contribution in [0.3, 0.4) is 0 Å². The molecule has 0 spiro atoms. The summed E-state index contributed by atoms with van der Waals surface area (Å²) in [6, 6.07) is 5.14. The summed E-state index contributed by atoms with van der Waals surface area (Å²) in [6.45, 7) is 5.21. The molecule has 1 unspecified atom stereocenters. The number of urea groups is 1. The van der Waals surface area contributed by atoms with E-state index in [9.17, 15) is 4.79 Å². The number of rotatable bonds is 4. The van der Waals surface area contributed by atoms with Gasteiger partial charge in [-0.05, 0) is 24.6 Å². The van der Waals surface area contributed by atoms with Gasteiger partial charge in [0.25, 0.3) is 5.89 Å². The summed E-state index contributed by atoms with van der Waals surface area (Å²) in [4.78, 5) is 23.5. The van der Waals surface area contributed by atoms with Gasteiger partial charge in [-0.1, -0.05) is 18.1 Å². The van der Waals surface area contributed by atoms with E-state index in [0.717, 1.165) is 11.1 Å². The van der Waals surface area contributed by atoms with Crippen molar-refractivity contribution >= 4 is 11.7 Å². The van der Waals surface area contributed by atoms with Crippen molar-refractivity contribution in [3.63, 3.8) is 0 Å². The number of nitrogens with zero attached hydrogens (tertiary/aromatic N) is 6. The van der Waals surface area contributed by atoms with Crippen LogP contribution in [0.25, 0.3) is 11.5 Å².